The van der Waals surface area contributed by atoms with Crippen molar-refractivity contribution >= 4 is 22.7 Å². The summed E-state index contributed by atoms with van der Waals surface area (Å²) in [6.07, 6.45) is 0.975. The van der Waals surface area contributed by atoms with Gasteiger partial charge in [-0.25, -0.2) is 0 Å². The number of benzene rings is 1. The second-order valence-corrected chi connectivity index (χ2v) is 5.43. The van der Waals surface area contributed by atoms with Crippen LogP contribution >= 0.6 is 11.3 Å². The van der Waals surface area contributed by atoms with E-state index in [1.807, 2.05) is 18.2 Å². The predicted octanol–water partition coefficient (Wildman–Crippen LogP) is 4.29. The van der Waals surface area contributed by atoms with Gasteiger partial charge in [0.05, 0.1) is 24.0 Å². The van der Waals surface area contributed by atoms with Gasteiger partial charge in [0.15, 0.2) is 0 Å². The van der Waals surface area contributed by atoms with E-state index in [9.17, 15) is 0 Å². The van der Waals surface area contributed by atoms with Gasteiger partial charge in [0, 0.05) is 4.88 Å². The van der Waals surface area contributed by atoms with Gasteiger partial charge >= 0.3 is 0 Å². The Hall–Kier alpha value is -1.68. The molecular weight excluding hydrogens is 256 g/mol. The largest absolute Gasteiger partial charge is 0.491 e. The molecule has 0 aliphatic carbocycles. The summed E-state index contributed by atoms with van der Waals surface area (Å²) >= 11 is 1.74. The van der Waals surface area contributed by atoms with E-state index >= 15 is 0 Å². The second-order valence-electron chi connectivity index (χ2n) is 4.45. The zero-order valence-corrected chi connectivity index (χ0v) is 12.2. The lowest BCUT2D eigenvalue weighted by molar-refractivity contribution is 0.319. The molecule has 1 aromatic heterocycles. The van der Waals surface area contributed by atoms with Gasteiger partial charge in [0.1, 0.15) is 5.75 Å². The van der Waals surface area contributed by atoms with Crippen molar-refractivity contribution in [2.24, 2.45) is 0 Å². The van der Waals surface area contributed by atoms with E-state index < -0.39 is 0 Å². The van der Waals surface area contributed by atoms with E-state index in [-0.39, 0.29) is 6.04 Å². The first-order chi connectivity index (χ1) is 9.22. The smallest absolute Gasteiger partial charge is 0.144 e. The zero-order chi connectivity index (χ0) is 13.7. The maximum Gasteiger partial charge on any atom is 0.144 e. The molecule has 1 heterocycles. The highest BCUT2D eigenvalue weighted by Crippen LogP contribution is 2.32. The van der Waals surface area contributed by atoms with Crippen molar-refractivity contribution in [3.8, 4) is 5.75 Å². The maximum atomic E-state index is 6.14. The summed E-state index contributed by atoms with van der Waals surface area (Å²) in [5.41, 5.74) is 7.75. The van der Waals surface area contributed by atoms with Gasteiger partial charge in [0.25, 0.3) is 0 Å². The Morgan fingerprint density at radius 2 is 2.16 bits per heavy atom. The minimum Gasteiger partial charge on any atom is -0.491 e. The summed E-state index contributed by atoms with van der Waals surface area (Å²) in [6.45, 7) is 4.90. The number of nitrogens with one attached hydrogen (secondary N) is 1. The summed E-state index contributed by atoms with van der Waals surface area (Å²) in [5, 5.41) is 5.52. The summed E-state index contributed by atoms with van der Waals surface area (Å²) < 4.78 is 5.64. The van der Waals surface area contributed by atoms with E-state index in [1.165, 1.54) is 4.88 Å². The van der Waals surface area contributed by atoms with Gasteiger partial charge < -0.3 is 15.8 Å². The number of hydrogen-bond acceptors (Lipinski definition) is 4. The van der Waals surface area contributed by atoms with Gasteiger partial charge in [-0.05, 0) is 36.9 Å². The molecule has 0 spiro atoms. The van der Waals surface area contributed by atoms with E-state index in [0.29, 0.717) is 12.3 Å². The molecule has 3 N–H and O–H groups in total. The van der Waals surface area contributed by atoms with Crippen LogP contribution < -0.4 is 15.8 Å². The molecule has 0 amide bonds. The van der Waals surface area contributed by atoms with Gasteiger partial charge in [0.2, 0.25) is 0 Å². The van der Waals surface area contributed by atoms with Crippen LogP contribution in [0.5, 0.6) is 5.75 Å². The normalized spacial score (nSPS) is 12.1. The first-order valence-corrected chi connectivity index (χ1v) is 7.41. The molecule has 0 saturated heterocycles. The van der Waals surface area contributed by atoms with E-state index in [0.717, 1.165) is 17.9 Å². The van der Waals surface area contributed by atoms with Crippen molar-refractivity contribution in [2.75, 3.05) is 17.7 Å². The minimum absolute atomic E-state index is 0.240. The lowest BCUT2D eigenvalue weighted by atomic mass is 10.2. The quantitative estimate of drug-likeness (QED) is 0.774. The highest BCUT2D eigenvalue weighted by molar-refractivity contribution is 7.10. The molecule has 0 bridgehead atoms. The zero-order valence-electron chi connectivity index (χ0n) is 11.3. The lowest BCUT2D eigenvalue weighted by Crippen LogP contribution is -2.08. The topological polar surface area (TPSA) is 47.3 Å². The molecular formula is C15H20N2OS. The van der Waals surface area contributed by atoms with Crippen LogP contribution in [0.4, 0.5) is 11.4 Å². The third-order valence-corrected chi connectivity index (χ3v) is 3.92. The fourth-order valence-electron chi connectivity index (χ4n) is 1.85. The van der Waals surface area contributed by atoms with Crippen LogP contribution in [0.25, 0.3) is 0 Å². The predicted molar refractivity (Wildman–Crippen MR) is 83.0 cm³/mol. The van der Waals surface area contributed by atoms with E-state index in [4.69, 9.17) is 10.5 Å². The van der Waals surface area contributed by atoms with Gasteiger partial charge in [-0.15, -0.1) is 11.3 Å². The Kier molecular flexibility index (Phi) is 4.68. The molecule has 0 aliphatic heterocycles. The average Bonchev–Trinajstić information content (AvgIpc) is 2.94. The molecule has 4 heteroatoms. The Morgan fingerprint density at radius 3 is 2.84 bits per heavy atom. The molecule has 1 atom stereocenters. The minimum atomic E-state index is 0.240. The summed E-state index contributed by atoms with van der Waals surface area (Å²) in [7, 11) is 0. The molecule has 19 heavy (non-hydrogen) atoms. The van der Waals surface area contributed by atoms with Gasteiger partial charge in [-0.1, -0.05) is 19.1 Å². The first-order valence-electron chi connectivity index (χ1n) is 6.53. The van der Waals surface area contributed by atoms with Crippen LogP contribution in [0, 0.1) is 0 Å². The molecule has 0 saturated carbocycles. The van der Waals surface area contributed by atoms with Gasteiger partial charge in [-0.2, -0.15) is 0 Å². The van der Waals surface area contributed by atoms with Crippen LogP contribution in [0.1, 0.15) is 31.2 Å². The van der Waals surface area contributed by atoms with Crippen LogP contribution in [0.15, 0.2) is 35.7 Å². The molecule has 2 aromatic rings. The number of anilines is 2. The summed E-state index contributed by atoms with van der Waals surface area (Å²) in [6, 6.07) is 10.3. The monoisotopic (exact) mass is 276 g/mol. The van der Waals surface area contributed by atoms with Crippen molar-refractivity contribution in [1.29, 1.82) is 0 Å². The molecule has 102 valence electrons. The molecule has 0 radical (unpaired) electrons. The third-order valence-electron chi connectivity index (χ3n) is 2.87. The fourth-order valence-corrected chi connectivity index (χ4v) is 2.58. The summed E-state index contributed by atoms with van der Waals surface area (Å²) in [4.78, 5) is 1.29. The van der Waals surface area contributed by atoms with E-state index in [2.05, 4.69) is 36.7 Å². The lowest BCUT2D eigenvalue weighted by Gasteiger charge is -2.17. The number of ether oxygens (including phenoxy) is 1. The Bertz CT molecular complexity index is 511. The Labute approximate surface area is 118 Å². The highest BCUT2D eigenvalue weighted by atomic mass is 32.1. The van der Waals surface area contributed by atoms with Crippen molar-refractivity contribution < 1.29 is 4.74 Å². The molecule has 2 rings (SSSR count). The van der Waals surface area contributed by atoms with Crippen molar-refractivity contribution in [1.82, 2.24) is 0 Å². The average molecular weight is 276 g/mol. The van der Waals surface area contributed by atoms with Crippen molar-refractivity contribution in [2.45, 2.75) is 26.3 Å². The van der Waals surface area contributed by atoms with Crippen LogP contribution in [-0.2, 0) is 0 Å². The molecule has 0 fully saturated rings. The second kappa shape index (κ2) is 6.48. The summed E-state index contributed by atoms with van der Waals surface area (Å²) in [5.74, 6) is 0.755. The number of para-hydroxylation sites is 1. The van der Waals surface area contributed by atoms with Crippen LogP contribution in [0.2, 0.25) is 0 Å². The number of hydrogen-bond donors (Lipinski definition) is 2. The number of thiophene rings is 1. The van der Waals surface area contributed by atoms with Crippen LogP contribution in [-0.4, -0.2) is 6.61 Å². The van der Waals surface area contributed by atoms with Crippen molar-refractivity contribution in [3.63, 3.8) is 0 Å². The number of nitrogens with two attached hydrogens (primary N) is 1. The van der Waals surface area contributed by atoms with E-state index in [1.54, 1.807) is 11.3 Å². The molecule has 3 nitrogen and oxygen atoms in total. The third kappa shape index (κ3) is 3.41. The maximum absolute atomic E-state index is 6.14. The SMILES string of the molecule is CCCOc1cccc(NC(C)c2cccs2)c1N. The first kappa shape index (κ1) is 13.7. The standard InChI is InChI=1S/C15H20N2OS/c1-3-9-18-13-7-4-6-12(15(13)16)17-11(2)14-8-5-10-19-14/h4-8,10-11,17H,3,9,16H2,1-2H3. The highest BCUT2D eigenvalue weighted by Gasteiger charge is 2.10. The van der Waals surface area contributed by atoms with Crippen LogP contribution in [0.3, 0.4) is 0 Å². The van der Waals surface area contributed by atoms with Gasteiger partial charge in [-0.3, -0.25) is 0 Å². The molecule has 0 aliphatic rings. The fraction of sp³-hybridized carbons (Fsp3) is 0.333. The Balaban J connectivity index is 2.12. The number of nitrogen functional groups attached to an aromatic ring is 1. The molecule has 1 unspecified atom stereocenters. The Morgan fingerprint density at radius 1 is 1.32 bits per heavy atom. The molecule has 1 aromatic carbocycles. The number of rotatable bonds is 6. The van der Waals surface area contributed by atoms with Crippen molar-refractivity contribution in [3.05, 3.63) is 40.6 Å².